The smallest absolute Gasteiger partial charge is 0.319 e. The Bertz CT molecular complexity index is 973. The SMILES string of the molecule is Cc1ccnc(C(NC(=O)Nc2cc3[nH]cnc3c(C)c2C)C2CC2)c1. The Morgan fingerprint density at radius 3 is 2.73 bits per heavy atom. The van der Waals surface area contributed by atoms with Gasteiger partial charge in [-0.05, 0) is 74.4 Å². The van der Waals surface area contributed by atoms with Gasteiger partial charge in [0, 0.05) is 11.9 Å². The molecule has 3 N–H and O–H groups in total. The average molecular weight is 349 g/mol. The number of carbonyl (C=O) groups excluding carboxylic acids is 1. The number of benzene rings is 1. The van der Waals surface area contributed by atoms with Crippen molar-refractivity contribution in [3.63, 3.8) is 0 Å². The van der Waals surface area contributed by atoms with E-state index in [-0.39, 0.29) is 12.1 Å². The Morgan fingerprint density at radius 2 is 2.00 bits per heavy atom. The third-order valence-electron chi connectivity index (χ3n) is 5.16. The van der Waals surface area contributed by atoms with E-state index < -0.39 is 0 Å². The molecule has 0 radical (unpaired) electrons. The van der Waals surface area contributed by atoms with Gasteiger partial charge in [-0.1, -0.05) is 0 Å². The van der Waals surface area contributed by atoms with Crippen molar-refractivity contribution in [3.05, 3.63) is 53.1 Å². The number of hydrogen-bond donors (Lipinski definition) is 3. The summed E-state index contributed by atoms with van der Waals surface area (Å²) in [5, 5.41) is 6.13. The normalized spacial score (nSPS) is 15.0. The fraction of sp³-hybridized carbons (Fsp3) is 0.350. The molecule has 4 rings (SSSR count). The fourth-order valence-electron chi connectivity index (χ4n) is 3.37. The molecule has 2 heterocycles. The Morgan fingerprint density at radius 1 is 1.19 bits per heavy atom. The molecule has 1 aliphatic rings. The van der Waals surface area contributed by atoms with Crippen molar-refractivity contribution in [1.82, 2.24) is 20.3 Å². The number of anilines is 1. The van der Waals surface area contributed by atoms with Gasteiger partial charge in [0.25, 0.3) is 0 Å². The summed E-state index contributed by atoms with van der Waals surface area (Å²) in [6, 6.07) is 5.70. The van der Waals surface area contributed by atoms with Crippen LogP contribution in [0.1, 0.15) is 41.3 Å². The first-order chi connectivity index (χ1) is 12.5. The van der Waals surface area contributed by atoms with Gasteiger partial charge in [-0.3, -0.25) is 4.98 Å². The van der Waals surface area contributed by atoms with Gasteiger partial charge in [0.15, 0.2) is 0 Å². The number of imidazole rings is 1. The molecule has 6 heteroatoms. The van der Waals surface area contributed by atoms with Crippen LogP contribution in [-0.2, 0) is 0 Å². The van der Waals surface area contributed by atoms with Gasteiger partial charge >= 0.3 is 6.03 Å². The Labute approximate surface area is 152 Å². The number of amides is 2. The van der Waals surface area contributed by atoms with Crippen LogP contribution < -0.4 is 10.6 Å². The lowest BCUT2D eigenvalue weighted by molar-refractivity contribution is 0.246. The molecule has 1 unspecified atom stereocenters. The van der Waals surface area contributed by atoms with Gasteiger partial charge in [0.2, 0.25) is 0 Å². The number of nitrogens with one attached hydrogen (secondary N) is 3. The Kier molecular flexibility index (Phi) is 4.11. The van der Waals surface area contributed by atoms with E-state index in [1.165, 1.54) is 0 Å². The first-order valence-corrected chi connectivity index (χ1v) is 8.96. The zero-order valence-corrected chi connectivity index (χ0v) is 15.3. The number of fused-ring (bicyclic) bond motifs is 1. The van der Waals surface area contributed by atoms with Crippen molar-refractivity contribution < 1.29 is 4.79 Å². The predicted octanol–water partition coefficient (Wildman–Crippen LogP) is 4.16. The molecule has 1 fully saturated rings. The van der Waals surface area contributed by atoms with Crippen molar-refractivity contribution in [2.24, 2.45) is 5.92 Å². The molecule has 2 aromatic heterocycles. The van der Waals surface area contributed by atoms with Gasteiger partial charge in [-0.25, -0.2) is 9.78 Å². The summed E-state index contributed by atoms with van der Waals surface area (Å²) in [7, 11) is 0. The highest BCUT2D eigenvalue weighted by atomic mass is 16.2. The Balaban J connectivity index is 1.55. The number of H-pyrrole nitrogens is 1. The zero-order chi connectivity index (χ0) is 18.3. The third-order valence-corrected chi connectivity index (χ3v) is 5.16. The lowest BCUT2D eigenvalue weighted by Gasteiger charge is -2.19. The van der Waals surface area contributed by atoms with Gasteiger partial charge in [-0.2, -0.15) is 0 Å². The minimum atomic E-state index is -0.202. The molecule has 0 spiro atoms. The quantitative estimate of drug-likeness (QED) is 0.661. The summed E-state index contributed by atoms with van der Waals surface area (Å²) in [4.78, 5) is 24.6. The van der Waals surface area contributed by atoms with E-state index in [0.717, 1.165) is 51.9 Å². The van der Waals surface area contributed by atoms with Crippen LogP contribution in [0.3, 0.4) is 0 Å². The average Bonchev–Trinajstić information content (AvgIpc) is 3.35. The molecule has 134 valence electrons. The van der Waals surface area contributed by atoms with Crippen LogP contribution in [0.15, 0.2) is 30.7 Å². The molecule has 1 atom stereocenters. The molecule has 1 saturated carbocycles. The van der Waals surface area contributed by atoms with E-state index in [4.69, 9.17) is 0 Å². The largest absolute Gasteiger partial charge is 0.345 e. The topological polar surface area (TPSA) is 82.7 Å². The van der Waals surface area contributed by atoms with E-state index in [9.17, 15) is 4.79 Å². The maximum atomic E-state index is 12.7. The van der Waals surface area contributed by atoms with Crippen LogP contribution in [0.4, 0.5) is 10.5 Å². The highest BCUT2D eigenvalue weighted by Crippen LogP contribution is 2.40. The molecule has 2 amide bonds. The highest BCUT2D eigenvalue weighted by Gasteiger charge is 2.34. The second kappa shape index (κ2) is 6.44. The Hall–Kier alpha value is -2.89. The van der Waals surface area contributed by atoms with E-state index in [1.807, 2.05) is 32.9 Å². The van der Waals surface area contributed by atoms with E-state index in [0.29, 0.717) is 5.92 Å². The second-order valence-corrected chi connectivity index (χ2v) is 7.14. The summed E-state index contributed by atoms with van der Waals surface area (Å²) in [5.41, 5.74) is 6.83. The first-order valence-electron chi connectivity index (χ1n) is 8.96. The number of urea groups is 1. The van der Waals surface area contributed by atoms with E-state index in [1.54, 1.807) is 12.5 Å². The number of pyridine rings is 1. The molecule has 26 heavy (non-hydrogen) atoms. The standard InChI is InChI=1S/C20H23N5O/c1-11-6-7-21-16(8-11)19(14-4-5-14)25-20(26)24-15-9-17-18(23-10-22-17)13(3)12(15)2/h6-10,14,19H,4-5H2,1-3H3,(H,22,23)(H2,24,25,26). The summed E-state index contributed by atoms with van der Waals surface area (Å²) in [6.45, 7) is 6.06. The maximum absolute atomic E-state index is 12.7. The van der Waals surface area contributed by atoms with Gasteiger partial charge in [-0.15, -0.1) is 0 Å². The minimum absolute atomic E-state index is 0.0489. The number of hydrogen-bond acceptors (Lipinski definition) is 3. The molecule has 3 aromatic rings. The van der Waals surface area contributed by atoms with Crippen LogP contribution in [0, 0.1) is 26.7 Å². The van der Waals surface area contributed by atoms with Gasteiger partial charge in [0.05, 0.1) is 29.1 Å². The highest BCUT2D eigenvalue weighted by molar-refractivity contribution is 5.94. The summed E-state index contributed by atoms with van der Waals surface area (Å²) in [6.07, 6.45) is 5.73. The molecule has 1 aliphatic carbocycles. The van der Waals surface area contributed by atoms with Crippen molar-refractivity contribution in [1.29, 1.82) is 0 Å². The van der Waals surface area contributed by atoms with Crippen LogP contribution in [0.5, 0.6) is 0 Å². The number of carbonyl (C=O) groups is 1. The summed E-state index contributed by atoms with van der Waals surface area (Å²) >= 11 is 0. The van der Waals surface area contributed by atoms with E-state index >= 15 is 0 Å². The molecule has 0 bridgehead atoms. The van der Waals surface area contributed by atoms with Crippen molar-refractivity contribution >= 4 is 22.8 Å². The van der Waals surface area contributed by atoms with Crippen LogP contribution >= 0.6 is 0 Å². The molecular formula is C20H23N5O. The summed E-state index contributed by atoms with van der Waals surface area (Å²) < 4.78 is 0. The van der Waals surface area contributed by atoms with Gasteiger partial charge < -0.3 is 15.6 Å². The number of aromatic nitrogens is 3. The molecular weight excluding hydrogens is 326 g/mol. The van der Waals surface area contributed by atoms with Crippen LogP contribution in [0.25, 0.3) is 11.0 Å². The van der Waals surface area contributed by atoms with Crippen molar-refractivity contribution in [3.8, 4) is 0 Å². The second-order valence-electron chi connectivity index (χ2n) is 7.14. The molecule has 1 aromatic carbocycles. The number of aryl methyl sites for hydroxylation is 2. The maximum Gasteiger partial charge on any atom is 0.319 e. The number of rotatable bonds is 4. The zero-order valence-electron chi connectivity index (χ0n) is 15.3. The lowest BCUT2D eigenvalue weighted by atomic mass is 10.1. The fourth-order valence-corrected chi connectivity index (χ4v) is 3.37. The van der Waals surface area contributed by atoms with Gasteiger partial charge in [0.1, 0.15) is 0 Å². The number of nitrogens with zero attached hydrogens (tertiary/aromatic N) is 2. The number of aromatic amines is 1. The lowest BCUT2D eigenvalue weighted by Crippen LogP contribution is -2.34. The van der Waals surface area contributed by atoms with Crippen molar-refractivity contribution in [2.75, 3.05) is 5.32 Å². The van der Waals surface area contributed by atoms with Crippen molar-refractivity contribution in [2.45, 2.75) is 39.7 Å². The monoisotopic (exact) mass is 349 g/mol. The molecule has 0 saturated heterocycles. The molecule has 0 aliphatic heterocycles. The molecule has 6 nitrogen and oxygen atoms in total. The predicted molar refractivity (Wildman–Crippen MR) is 102 cm³/mol. The summed E-state index contributed by atoms with van der Waals surface area (Å²) in [5.74, 6) is 0.466. The van der Waals surface area contributed by atoms with Crippen LogP contribution in [-0.4, -0.2) is 21.0 Å². The first kappa shape index (κ1) is 16.6. The minimum Gasteiger partial charge on any atom is -0.345 e. The van der Waals surface area contributed by atoms with E-state index in [2.05, 4.69) is 31.7 Å². The van der Waals surface area contributed by atoms with Crippen LogP contribution in [0.2, 0.25) is 0 Å². The third kappa shape index (κ3) is 3.14.